The number of carbonyl (C=O) groups excluding carboxylic acids is 1. The van der Waals surface area contributed by atoms with Crippen molar-refractivity contribution in [2.75, 3.05) is 19.7 Å². The van der Waals surface area contributed by atoms with Gasteiger partial charge < -0.3 is 15.2 Å². The van der Waals surface area contributed by atoms with Crippen LogP contribution in [0.5, 0.6) is 0 Å². The third-order valence-corrected chi connectivity index (χ3v) is 3.89. The number of amides is 1. The van der Waals surface area contributed by atoms with Crippen molar-refractivity contribution in [3.05, 3.63) is 35.9 Å². The summed E-state index contributed by atoms with van der Waals surface area (Å²) in [5.74, 6) is 0. The molecule has 0 bridgehead atoms. The van der Waals surface area contributed by atoms with Crippen molar-refractivity contribution in [2.45, 2.75) is 44.9 Å². The van der Waals surface area contributed by atoms with Gasteiger partial charge in [0, 0.05) is 13.1 Å². The number of carbonyl (C=O) groups is 1. The van der Waals surface area contributed by atoms with E-state index in [0.29, 0.717) is 13.1 Å². The molecule has 0 aliphatic carbocycles. The second-order valence-corrected chi connectivity index (χ2v) is 6.86. The highest BCUT2D eigenvalue weighted by molar-refractivity contribution is 5.69. The summed E-state index contributed by atoms with van der Waals surface area (Å²) < 4.78 is 5.56. The zero-order chi connectivity index (χ0) is 16.2. The lowest BCUT2D eigenvalue weighted by Gasteiger charge is -2.40. The largest absolute Gasteiger partial charge is 0.444 e. The zero-order valence-electron chi connectivity index (χ0n) is 13.6. The van der Waals surface area contributed by atoms with Crippen LogP contribution in [0.2, 0.25) is 0 Å². The van der Waals surface area contributed by atoms with Crippen LogP contribution in [-0.2, 0) is 11.3 Å². The first kappa shape index (κ1) is 16.8. The summed E-state index contributed by atoms with van der Waals surface area (Å²) in [5.41, 5.74) is -0.138. The fourth-order valence-corrected chi connectivity index (χ4v) is 2.69. The molecule has 0 saturated carbocycles. The molecule has 2 rings (SSSR count). The molecule has 1 aliphatic rings. The second kappa shape index (κ2) is 6.67. The van der Waals surface area contributed by atoms with E-state index >= 15 is 0 Å². The second-order valence-electron chi connectivity index (χ2n) is 6.86. The molecule has 1 atom stereocenters. The van der Waals surface area contributed by atoms with Gasteiger partial charge in [-0.3, -0.25) is 4.90 Å². The molecule has 1 fully saturated rings. The molecule has 0 radical (unpaired) electrons. The Labute approximate surface area is 132 Å². The Morgan fingerprint density at radius 1 is 1.36 bits per heavy atom. The Kier molecular flexibility index (Phi) is 5.08. The predicted octanol–water partition coefficient (Wildman–Crippen LogP) is 2.15. The Bertz CT molecular complexity index is 490. The van der Waals surface area contributed by atoms with Crippen LogP contribution in [0.3, 0.4) is 0 Å². The van der Waals surface area contributed by atoms with Crippen LogP contribution in [0.25, 0.3) is 0 Å². The van der Waals surface area contributed by atoms with E-state index in [-0.39, 0.29) is 12.7 Å². The molecule has 1 aromatic rings. The Morgan fingerprint density at radius 2 is 2.05 bits per heavy atom. The van der Waals surface area contributed by atoms with E-state index in [1.54, 1.807) is 4.90 Å². The molecule has 122 valence electrons. The van der Waals surface area contributed by atoms with Gasteiger partial charge in [0.2, 0.25) is 0 Å². The minimum Gasteiger partial charge on any atom is -0.444 e. The van der Waals surface area contributed by atoms with Gasteiger partial charge in [-0.05, 0) is 39.3 Å². The lowest BCUT2D eigenvalue weighted by molar-refractivity contribution is -0.0170. The number of rotatable bonds is 4. The first-order valence-corrected chi connectivity index (χ1v) is 7.72. The van der Waals surface area contributed by atoms with E-state index in [1.165, 1.54) is 0 Å². The van der Waals surface area contributed by atoms with Gasteiger partial charge in [-0.25, -0.2) is 4.79 Å². The first-order valence-electron chi connectivity index (χ1n) is 7.72. The molecule has 1 aliphatic heterocycles. The highest BCUT2D eigenvalue weighted by Gasteiger charge is 2.43. The minimum absolute atomic E-state index is 0.0773. The maximum absolute atomic E-state index is 12.7. The lowest BCUT2D eigenvalue weighted by Crippen LogP contribution is -2.56. The standard InChI is InChI=1S/C17H26N2O3/c1-16(2,3)22-15(21)19(11-14-7-5-4-6-8-14)17(13-20)9-10-18-12-17/h4-8,18,20H,9-13H2,1-3H3. The fourth-order valence-electron chi connectivity index (χ4n) is 2.69. The number of hydrogen-bond donors (Lipinski definition) is 2. The number of ether oxygens (including phenoxy) is 1. The van der Waals surface area contributed by atoms with Crippen molar-refractivity contribution < 1.29 is 14.6 Å². The molecule has 0 aromatic heterocycles. The van der Waals surface area contributed by atoms with E-state index in [4.69, 9.17) is 4.74 Å². The van der Waals surface area contributed by atoms with E-state index in [1.807, 2.05) is 51.1 Å². The molecule has 0 spiro atoms. The summed E-state index contributed by atoms with van der Waals surface area (Å²) in [4.78, 5) is 14.4. The van der Waals surface area contributed by atoms with E-state index in [2.05, 4.69) is 5.32 Å². The third-order valence-electron chi connectivity index (χ3n) is 3.89. The minimum atomic E-state index is -0.599. The van der Waals surface area contributed by atoms with Gasteiger partial charge in [-0.15, -0.1) is 0 Å². The van der Waals surface area contributed by atoms with Crippen LogP contribution in [0, 0.1) is 0 Å². The fraction of sp³-hybridized carbons (Fsp3) is 0.588. The highest BCUT2D eigenvalue weighted by Crippen LogP contribution is 2.27. The normalized spacial score (nSPS) is 21.6. The van der Waals surface area contributed by atoms with Crippen molar-refractivity contribution in [3.8, 4) is 0 Å². The molecule has 1 amide bonds. The molecule has 22 heavy (non-hydrogen) atoms. The Hall–Kier alpha value is -1.59. The smallest absolute Gasteiger partial charge is 0.411 e. The van der Waals surface area contributed by atoms with Gasteiger partial charge in [-0.2, -0.15) is 0 Å². The van der Waals surface area contributed by atoms with Gasteiger partial charge in [0.05, 0.1) is 12.1 Å². The molecule has 5 heteroatoms. The summed E-state index contributed by atoms with van der Waals surface area (Å²) in [6.45, 7) is 7.27. The maximum Gasteiger partial charge on any atom is 0.411 e. The van der Waals surface area contributed by atoms with Gasteiger partial charge in [0.25, 0.3) is 0 Å². The van der Waals surface area contributed by atoms with E-state index in [0.717, 1.165) is 18.5 Å². The van der Waals surface area contributed by atoms with Crippen molar-refractivity contribution in [1.82, 2.24) is 10.2 Å². The molecule has 5 nitrogen and oxygen atoms in total. The van der Waals surface area contributed by atoms with Gasteiger partial charge in [0.15, 0.2) is 0 Å². The number of hydrogen-bond acceptors (Lipinski definition) is 4. The van der Waals surface area contributed by atoms with Crippen molar-refractivity contribution in [2.24, 2.45) is 0 Å². The van der Waals surface area contributed by atoms with Crippen LogP contribution in [-0.4, -0.2) is 46.9 Å². The van der Waals surface area contributed by atoms with Crippen molar-refractivity contribution in [1.29, 1.82) is 0 Å². The number of aliphatic hydroxyl groups is 1. The average molecular weight is 306 g/mol. The summed E-state index contributed by atoms with van der Waals surface area (Å²) in [6, 6.07) is 9.79. The van der Waals surface area contributed by atoms with Gasteiger partial charge >= 0.3 is 6.09 Å². The lowest BCUT2D eigenvalue weighted by atomic mass is 9.96. The maximum atomic E-state index is 12.7. The van der Waals surface area contributed by atoms with Crippen LogP contribution < -0.4 is 5.32 Å². The van der Waals surface area contributed by atoms with Gasteiger partial charge in [0.1, 0.15) is 5.60 Å². The predicted molar refractivity (Wildman–Crippen MR) is 85.5 cm³/mol. The van der Waals surface area contributed by atoms with Gasteiger partial charge in [-0.1, -0.05) is 30.3 Å². The summed E-state index contributed by atoms with van der Waals surface area (Å²) in [7, 11) is 0. The third kappa shape index (κ3) is 3.99. The van der Waals surface area contributed by atoms with E-state index < -0.39 is 11.1 Å². The quantitative estimate of drug-likeness (QED) is 0.895. The molecular weight excluding hydrogens is 280 g/mol. The molecule has 1 unspecified atom stereocenters. The number of nitrogens with zero attached hydrogens (tertiary/aromatic N) is 1. The average Bonchev–Trinajstić information content (AvgIpc) is 2.94. The molecule has 1 aromatic carbocycles. The topological polar surface area (TPSA) is 61.8 Å². The summed E-state index contributed by atoms with van der Waals surface area (Å²) >= 11 is 0. The SMILES string of the molecule is CC(C)(C)OC(=O)N(Cc1ccccc1)C1(CO)CCNC1. The Morgan fingerprint density at radius 3 is 2.55 bits per heavy atom. The van der Waals surface area contributed by atoms with Crippen LogP contribution in [0.4, 0.5) is 4.79 Å². The van der Waals surface area contributed by atoms with Crippen LogP contribution >= 0.6 is 0 Å². The number of aliphatic hydroxyl groups excluding tert-OH is 1. The summed E-state index contributed by atoms with van der Waals surface area (Å²) in [5, 5.41) is 13.2. The molecule has 2 N–H and O–H groups in total. The van der Waals surface area contributed by atoms with Crippen molar-refractivity contribution in [3.63, 3.8) is 0 Å². The number of nitrogens with one attached hydrogen (secondary N) is 1. The monoisotopic (exact) mass is 306 g/mol. The summed E-state index contributed by atoms with van der Waals surface area (Å²) in [6.07, 6.45) is 0.337. The highest BCUT2D eigenvalue weighted by atomic mass is 16.6. The zero-order valence-corrected chi connectivity index (χ0v) is 13.6. The van der Waals surface area contributed by atoms with Crippen LogP contribution in [0.15, 0.2) is 30.3 Å². The molecule has 1 heterocycles. The van der Waals surface area contributed by atoms with Crippen molar-refractivity contribution >= 4 is 6.09 Å². The van der Waals surface area contributed by atoms with Crippen LogP contribution in [0.1, 0.15) is 32.8 Å². The Balaban J connectivity index is 2.25. The first-order chi connectivity index (χ1) is 10.4. The van der Waals surface area contributed by atoms with E-state index in [9.17, 15) is 9.90 Å². The molecule has 1 saturated heterocycles. The molecular formula is C17H26N2O3. The number of benzene rings is 1.